The number of nitrogens with one attached hydrogen (secondary N) is 1. The van der Waals surface area contributed by atoms with Gasteiger partial charge in [-0.05, 0) is 36.5 Å². The average molecular weight is 311 g/mol. The zero-order valence-corrected chi connectivity index (χ0v) is 13.5. The molecule has 3 rings (SSSR count). The molecule has 1 amide bonds. The minimum absolute atomic E-state index is 0.0168. The summed E-state index contributed by atoms with van der Waals surface area (Å²) in [7, 11) is 3.51. The lowest BCUT2D eigenvalue weighted by Gasteiger charge is -2.19. The first-order valence-corrected chi connectivity index (χ1v) is 7.91. The minimum Gasteiger partial charge on any atom is -0.364 e. The van der Waals surface area contributed by atoms with E-state index in [2.05, 4.69) is 23.5 Å². The van der Waals surface area contributed by atoms with Gasteiger partial charge in [-0.15, -0.1) is 0 Å². The molecule has 0 radical (unpaired) electrons. The zero-order chi connectivity index (χ0) is 16.4. The highest BCUT2D eigenvalue weighted by Crippen LogP contribution is 2.40. The summed E-state index contributed by atoms with van der Waals surface area (Å²) in [5.74, 6) is 0.253. The minimum atomic E-state index is -0.0168. The molecule has 5 heteroatoms. The van der Waals surface area contributed by atoms with Crippen molar-refractivity contribution in [3.63, 3.8) is 0 Å². The quantitative estimate of drug-likeness (QED) is 0.883. The molecule has 1 fully saturated rings. The van der Waals surface area contributed by atoms with Crippen molar-refractivity contribution < 1.29 is 9.53 Å². The molecule has 0 unspecified atom stereocenters. The Morgan fingerprint density at radius 2 is 2.30 bits per heavy atom. The monoisotopic (exact) mass is 311 g/mol. The van der Waals surface area contributed by atoms with Gasteiger partial charge in [0.1, 0.15) is 12.8 Å². The Morgan fingerprint density at radius 1 is 1.48 bits per heavy atom. The number of aromatic nitrogens is 1. The van der Waals surface area contributed by atoms with Crippen LogP contribution in [0.25, 0.3) is 10.9 Å². The van der Waals surface area contributed by atoms with Gasteiger partial charge >= 0.3 is 0 Å². The van der Waals surface area contributed by atoms with Crippen molar-refractivity contribution in [3.05, 3.63) is 35.5 Å². The van der Waals surface area contributed by atoms with Crippen molar-refractivity contribution in [3.8, 4) is 6.07 Å². The molecule has 23 heavy (non-hydrogen) atoms. The molecular weight excluding hydrogens is 290 g/mol. The first kappa shape index (κ1) is 15.6. The van der Waals surface area contributed by atoms with E-state index >= 15 is 0 Å². The van der Waals surface area contributed by atoms with Crippen molar-refractivity contribution in [2.75, 3.05) is 13.8 Å². The van der Waals surface area contributed by atoms with E-state index in [9.17, 15) is 10.1 Å². The maximum absolute atomic E-state index is 12.3. The van der Waals surface area contributed by atoms with Crippen LogP contribution in [0.15, 0.2) is 24.4 Å². The molecule has 0 bridgehead atoms. The fraction of sp³-hybridized carbons (Fsp3) is 0.444. The smallest absolute Gasteiger partial charge is 0.225 e. The van der Waals surface area contributed by atoms with Crippen LogP contribution in [0.1, 0.15) is 36.3 Å². The number of benzene rings is 1. The predicted molar refractivity (Wildman–Crippen MR) is 87.7 cm³/mol. The van der Waals surface area contributed by atoms with Crippen LogP contribution in [0.2, 0.25) is 0 Å². The first-order chi connectivity index (χ1) is 11.2. The molecule has 2 aromatic rings. The third kappa shape index (κ3) is 2.82. The molecule has 0 spiro atoms. The lowest BCUT2D eigenvalue weighted by Crippen LogP contribution is -2.33. The number of nitrogens with zero attached hydrogens (tertiary/aromatic N) is 2. The van der Waals surface area contributed by atoms with Crippen LogP contribution < -0.4 is 5.32 Å². The summed E-state index contributed by atoms with van der Waals surface area (Å²) in [6, 6.07) is 8.48. The predicted octanol–water partition coefficient (Wildman–Crippen LogP) is 2.65. The topological polar surface area (TPSA) is 67.0 Å². The fourth-order valence-electron chi connectivity index (χ4n) is 3.68. The van der Waals surface area contributed by atoms with Crippen molar-refractivity contribution >= 4 is 16.8 Å². The van der Waals surface area contributed by atoms with E-state index < -0.39 is 0 Å². The van der Waals surface area contributed by atoms with Crippen molar-refractivity contribution in [2.45, 2.75) is 25.2 Å². The molecule has 1 saturated carbocycles. The maximum atomic E-state index is 12.3. The van der Waals surface area contributed by atoms with Crippen LogP contribution >= 0.6 is 0 Å². The van der Waals surface area contributed by atoms with Gasteiger partial charge in [0.2, 0.25) is 5.91 Å². The second-order valence-electron chi connectivity index (χ2n) is 6.16. The molecule has 0 saturated heterocycles. The Bertz CT molecular complexity index is 772. The lowest BCUT2D eigenvalue weighted by molar-refractivity contribution is -0.126. The largest absolute Gasteiger partial charge is 0.364 e. The van der Waals surface area contributed by atoms with Gasteiger partial charge in [-0.3, -0.25) is 4.79 Å². The highest BCUT2D eigenvalue weighted by molar-refractivity contribution is 5.87. The molecule has 1 aliphatic carbocycles. The summed E-state index contributed by atoms with van der Waals surface area (Å²) in [6.07, 6.45) is 4.81. The molecule has 120 valence electrons. The SMILES string of the molecule is COCNC(=O)[C@H]1CCC[C@@H]1c1ccc2c(c1)c(C#N)cn2C. The molecule has 0 aliphatic heterocycles. The van der Waals surface area contributed by atoms with Gasteiger partial charge < -0.3 is 14.6 Å². The van der Waals surface area contributed by atoms with E-state index in [4.69, 9.17) is 4.74 Å². The van der Waals surface area contributed by atoms with E-state index in [-0.39, 0.29) is 24.5 Å². The van der Waals surface area contributed by atoms with E-state index in [0.717, 1.165) is 35.7 Å². The van der Waals surface area contributed by atoms with E-state index in [1.54, 1.807) is 7.11 Å². The van der Waals surface area contributed by atoms with Crippen LogP contribution in [0.3, 0.4) is 0 Å². The second-order valence-corrected chi connectivity index (χ2v) is 6.16. The number of aryl methyl sites for hydroxylation is 1. The number of methoxy groups -OCH3 is 1. The van der Waals surface area contributed by atoms with Crippen LogP contribution in [-0.4, -0.2) is 24.3 Å². The third-order valence-corrected chi connectivity index (χ3v) is 4.81. The third-order valence-electron chi connectivity index (χ3n) is 4.81. The highest BCUT2D eigenvalue weighted by Gasteiger charge is 2.34. The standard InChI is InChI=1S/C18H21N3O2/c1-21-10-13(9-19)16-8-12(6-7-17(16)21)14-4-3-5-15(14)18(22)20-11-23-2/h6-8,10,14-15H,3-5,11H2,1-2H3,(H,20,22)/t14-,15+/m1/s1. The number of hydrogen-bond acceptors (Lipinski definition) is 3. The molecule has 2 atom stereocenters. The number of fused-ring (bicyclic) bond motifs is 1. The number of hydrogen-bond donors (Lipinski definition) is 1. The Labute approximate surface area is 135 Å². The Hall–Kier alpha value is -2.32. The van der Waals surface area contributed by atoms with Crippen molar-refractivity contribution in [2.24, 2.45) is 13.0 Å². The van der Waals surface area contributed by atoms with Gasteiger partial charge in [0.15, 0.2) is 0 Å². The molecule has 5 nitrogen and oxygen atoms in total. The van der Waals surface area contributed by atoms with E-state index in [1.807, 2.05) is 23.9 Å². The number of amides is 1. The highest BCUT2D eigenvalue weighted by atomic mass is 16.5. The fourth-order valence-corrected chi connectivity index (χ4v) is 3.68. The normalized spacial score (nSPS) is 20.6. The molecule has 1 aromatic heterocycles. The van der Waals surface area contributed by atoms with Gasteiger partial charge in [-0.2, -0.15) is 5.26 Å². The van der Waals surface area contributed by atoms with Crippen LogP contribution in [0.5, 0.6) is 0 Å². The van der Waals surface area contributed by atoms with E-state index in [0.29, 0.717) is 5.56 Å². The van der Waals surface area contributed by atoms with Gasteiger partial charge in [0, 0.05) is 37.2 Å². The first-order valence-electron chi connectivity index (χ1n) is 7.91. The Balaban J connectivity index is 1.92. The summed E-state index contributed by atoms with van der Waals surface area (Å²) in [5, 5.41) is 13.1. The van der Waals surface area contributed by atoms with Crippen molar-refractivity contribution in [1.29, 1.82) is 5.26 Å². The van der Waals surface area contributed by atoms with Crippen LogP contribution in [0, 0.1) is 17.2 Å². The van der Waals surface area contributed by atoms with Crippen LogP contribution in [0.4, 0.5) is 0 Å². The van der Waals surface area contributed by atoms with E-state index in [1.165, 1.54) is 0 Å². The number of ether oxygens (including phenoxy) is 1. The summed E-state index contributed by atoms with van der Waals surface area (Å²) < 4.78 is 6.90. The number of carbonyl (C=O) groups is 1. The summed E-state index contributed by atoms with van der Waals surface area (Å²) in [4.78, 5) is 12.3. The second kappa shape index (κ2) is 6.43. The average Bonchev–Trinajstić information content (AvgIpc) is 3.17. The Kier molecular flexibility index (Phi) is 4.35. The Morgan fingerprint density at radius 3 is 3.04 bits per heavy atom. The maximum Gasteiger partial charge on any atom is 0.225 e. The van der Waals surface area contributed by atoms with Gasteiger partial charge in [-0.1, -0.05) is 12.5 Å². The molecule has 1 heterocycles. The molecule has 1 N–H and O–H groups in total. The summed E-state index contributed by atoms with van der Waals surface area (Å²) in [5.41, 5.74) is 2.88. The van der Waals surface area contributed by atoms with Gasteiger partial charge in [-0.25, -0.2) is 0 Å². The molecule has 1 aromatic carbocycles. The summed E-state index contributed by atoms with van der Waals surface area (Å²) >= 11 is 0. The van der Waals surface area contributed by atoms with Crippen LogP contribution in [-0.2, 0) is 16.6 Å². The number of nitriles is 1. The number of carbonyl (C=O) groups excluding carboxylic acids is 1. The number of rotatable bonds is 4. The zero-order valence-electron chi connectivity index (χ0n) is 13.5. The molecular formula is C18H21N3O2. The lowest BCUT2D eigenvalue weighted by atomic mass is 9.87. The molecule has 1 aliphatic rings. The summed E-state index contributed by atoms with van der Waals surface area (Å²) in [6.45, 7) is 0.248. The van der Waals surface area contributed by atoms with Gasteiger partial charge in [0.25, 0.3) is 0 Å². The van der Waals surface area contributed by atoms with Crippen molar-refractivity contribution in [1.82, 2.24) is 9.88 Å². The van der Waals surface area contributed by atoms with Gasteiger partial charge in [0.05, 0.1) is 5.56 Å².